The predicted octanol–water partition coefficient (Wildman–Crippen LogP) is 4.55. The van der Waals surface area contributed by atoms with Crippen LogP contribution in [0.5, 0.6) is 5.75 Å². The number of benzene rings is 2. The number of hydrogen-bond donors (Lipinski definition) is 1. The lowest BCUT2D eigenvalue weighted by Gasteiger charge is -2.09. The van der Waals surface area contributed by atoms with E-state index in [-0.39, 0.29) is 12.5 Å². The Morgan fingerprint density at radius 2 is 1.88 bits per heavy atom. The smallest absolute Gasteiger partial charge is 0.264 e. The molecule has 0 radical (unpaired) electrons. The van der Waals surface area contributed by atoms with E-state index in [2.05, 4.69) is 29.4 Å². The molecule has 0 aliphatic rings. The maximum absolute atomic E-state index is 12.1. The second kappa shape index (κ2) is 6.61. The minimum atomic E-state index is -0.204. The number of nitrogens with one attached hydrogen (secondary N) is 1. The van der Waals surface area contributed by atoms with Gasteiger partial charge >= 0.3 is 0 Å². The van der Waals surface area contributed by atoms with Crippen LogP contribution in [0.25, 0.3) is 10.2 Å². The summed E-state index contributed by atoms with van der Waals surface area (Å²) in [5, 5.41) is 3.43. The normalized spacial score (nSPS) is 10.8. The Balaban J connectivity index is 1.69. The van der Waals surface area contributed by atoms with Gasteiger partial charge in [0.05, 0.1) is 10.2 Å². The molecule has 1 N–H and O–H groups in total. The maximum Gasteiger partial charge on any atom is 0.264 e. The number of carbonyl (C=O) groups is 1. The summed E-state index contributed by atoms with van der Waals surface area (Å²) in [4.78, 5) is 16.7. The second-order valence-electron chi connectivity index (χ2n) is 6.05. The quantitative estimate of drug-likeness (QED) is 0.758. The summed E-state index contributed by atoms with van der Waals surface area (Å²) in [6.07, 6.45) is 0. The van der Waals surface area contributed by atoms with Crippen LogP contribution < -0.4 is 10.1 Å². The lowest BCUT2D eigenvalue weighted by Crippen LogP contribution is -2.20. The van der Waals surface area contributed by atoms with Crippen LogP contribution in [0, 0.1) is 27.7 Å². The Kier molecular flexibility index (Phi) is 4.53. The van der Waals surface area contributed by atoms with Gasteiger partial charge in [-0.05, 0) is 62.1 Å². The molecular formula is C19H20N2O2S. The maximum atomic E-state index is 12.1. The SMILES string of the molecule is Cc1ccc(C)c(OCC(=O)Nc2nc3c(C)cc(C)cc3s2)c1. The van der Waals surface area contributed by atoms with E-state index < -0.39 is 0 Å². The van der Waals surface area contributed by atoms with Crippen molar-refractivity contribution in [1.29, 1.82) is 0 Å². The molecule has 1 amide bonds. The standard InChI is InChI=1S/C19H20N2O2S/c1-11-5-6-13(3)15(8-11)23-10-17(22)20-19-21-18-14(4)7-12(2)9-16(18)24-19/h5-9H,10H2,1-4H3,(H,20,21,22). The fourth-order valence-electron chi connectivity index (χ4n) is 2.59. The molecule has 3 aromatic rings. The van der Waals surface area contributed by atoms with Gasteiger partial charge in [0.25, 0.3) is 5.91 Å². The molecule has 24 heavy (non-hydrogen) atoms. The van der Waals surface area contributed by atoms with Crippen molar-refractivity contribution in [3.8, 4) is 5.75 Å². The molecule has 4 nitrogen and oxygen atoms in total. The number of ether oxygens (including phenoxy) is 1. The fourth-order valence-corrected chi connectivity index (χ4v) is 3.64. The minimum absolute atomic E-state index is 0.0295. The van der Waals surface area contributed by atoms with Crippen LogP contribution >= 0.6 is 11.3 Å². The zero-order valence-corrected chi connectivity index (χ0v) is 15.1. The van der Waals surface area contributed by atoms with Crippen LogP contribution in [-0.4, -0.2) is 17.5 Å². The Bertz CT molecular complexity index is 915. The molecule has 0 atom stereocenters. The lowest BCUT2D eigenvalue weighted by atomic mass is 10.1. The third-order valence-electron chi connectivity index (χ3n) is 3.78. The summed E-state index contributed by atoms with van der Waals surface area (Å²) in [6.45, 7) is 8.02. The second-order valence-corrected chi connectivity index (χ2v) is 7.08. The summed E-state index contributed by atoms with van der Waals surface area (Å²) < 4.78 is 6.72. The van der Waals surface area contributed by atoms with E-state index in [1.54, 1.807) is 0 Å². The van der Waals surface area contributed by atoms with Gasteiger partial charge in [0.1, 0.15) is 5.75 Å². The molecule has 124 valence electrons. The number of rotatable bonds is 4. The predicted molar refractivity (Wildman–Crippen MR) is 99.1 cm³/mol. The first-order valence-corrected chi connectivity index (χ1v) is 8.62. The molecule has 0 unspecified atom stereocenters. The first kappa shape index (κ1) is 16.5. The van der Waals surface area contributed by atoms with E-state index in [0.717, 1.165) is 32.7 Å². The summed E-state index contributed by atoms with van der Waals surface area (Å²) in [5.74, 6) is 0.533. The van der Waals surface area contributed by atoms with Crippen molar-refractivity contribution in [3.63, 3.8) is 0 Å². The van der Waals surface area contributed by atoms with Crippen molar-refractivity contribution in [1.82, 2.24) is 4.98 Å². The largest absolute Gasteiger partial charge is 0.483 e. The highest BCUT2D eigenvalue weighted by Crippen LogP contribution is 2.29. The Hall–Kier alpha value is -2.40. The lowest BCUT2D eigenvalue weighted by molar-refractivity contribution is -0.118. The molecule has 0 saturated carbocycles. The highest BCUT2D eigenvalue weighted by molar-refractivity contribution is 7.22. The first-order valence-electron chi connectivity index (χ1n) is 7.80. The fraction of sp³-hybridized carbons (Fsp3) is 0.263. The van der Waals surface area contributed by atoms with E-state index in [9.17, 15) is 4.79 Å². The van der Waals surface area contributed by atoms with Crippen LogP contribution in [0.15, 0.2) is 30.3 Å². The van der Waals surface area contributed by atoms with Gasteiger partial charge in [-0.15, -0.1) is 0 Å². The van der Waals surface area contributed by atoms with Crippen LogP contribution in [0.1, 0.15) is 22.3 Å². The van der Waals surface area contributed by atoms with E-state index in [1.165, 1.54) is 16.9 Å². The number of aryl methyl sites for hydroxylation is 4. The van der Waals surface area contributed by atoms with Crippen LogP contribution in [0.2, 0.25) is 0 Å². The molecule has 5 heteroatoms. The molecule has 0 fully saturated rings. The summed E-state index contributed by atoms with van der Waals surface area (Å²) in [7, 11) is 0. The Morgan fingerprint density at radius 1 is 1.08 bits per heavy atom. The molecule has 0 spiro atoms. The van der Waals surface area contributed by atoms with E-state index in [0.29, 0.717) is 5.13 Å². The molecule has 0 aliphatic carbocycles. The van der Waals surface area contributed by atoms with Crippen molar-refractivity contribution in [3.05, 3.63) is 52.6 Å². The number of thiazole rings is 1. The van der Waals surface area contributed by atoms with Crippen molar-refractivity contribution in [2.24, 2.45) is 0 Å². The Morgan fingerprint density at radius 3 is 2.67 bits per heavy atom. The molecule has 1 heterocycles. The topological polar surface area (TPSA) is 51.2 Å². The van der Waals surface area contributed by atoms with Crippen molar-refractivity contribution >= 4 is 32.6 Å². The molecule has 2 aromatic carbocycles. The van der Waals surface area contributed by atoms with Crippen LogP contribution in [0.4, 0.5) is 5.13 Å². The number of fused-ring (bicyclic) bond motifs is 1. The average molecular weight is 340 g/mol. The van der Waals surface area contributed by atoms with Gasteiger partial charge < -0.3 is 4.74 Å². The third kappa shape index (κ3) is 3.57. The van der Waals surface area contributed by atoms with E-state index in [4.69, 9.17) is 4.74 Å². The number of carbonyl (C=O) groups excluding carboxylic acids is 1. The summed E-state index contributed by atoms with van der Waals surface area (Å²) in [5.41, 5.74) is 5.37. The molecule has 0 bridgehead atoms. The van der Waals surface area contributed by atoms with Gasteiger partial charge in [0, 0.05) is 0 Å². The average Bonchev–Trinajstić information content (AvgIpc) is 2.90. The van der Waals surface area contributed by atoms with E-state index in [1.807, 2.05) is 39.0 Å². The van der Waals surface area contributed by atoms with Gasteiger partial charge in [-0.3, -0.25) is 10.1 Å². The monoisotopic (exact) mass is 340 g/mol. The highest BCUT2D eigenvalue weighted by Gasteiger charge is 2.11. The number of hydrogen-bond acceptors (Lipinski definition) is 4. The molecular weight excluding hydrogens is 320 g/mol. The Labute approximate surface area is 145 Å². The van der Waals surface area contributed by atoms with Gasteiger partial charge in [0.2, 0.25) is 0 Å². The van der Waals surface area contributed by atoms with Crippen LogP contribution in [0.3, 0.4) is 0 Å². The first-order chi connectivity index (χ1) is 11.4. The molecule has 3 rings (SSSR count). The van der Waals surface area contributed by atoms with Crippen molar-refractivity contribution < 1.29 is 9.53 Å². The number of anilines is 1. The minimum Gasteiger partial charge on any atom is -0.483 e. The van der Waals surface area contributed by atoms with Crippen molar-refractivity contribution in [2.45, 2.75) is 27.7 Å². The van der Waals surface area contributed by atoms with Gasteiger partial charge in [-0.1, -0.05) is 29.5 Å². The zero-order chi connectivity index (χ0) is 17.3. The summed E-state index contributed by atoms with van der Waals surface area (Å²) in [6, 6.07) is 10.1. The third-order valence-corrected chi connectivity index (χ3v) is 4.70. The summed E-state index contributed by atoms with van der Waals surface area (Å²) >= 11 is 1.48. The highest BCUT2D eigenvalue weighted by atomic mass is 32.1. The van der Waals surface area contributed by atoms with Crippen molar-refractivity contribution in [2.75, 3.05) is 11.9 Å². The zero-order valence-electron chi connectivity index (χ0n) is 14.3. The van der Waals surface area contributed by atoms with Gasteiger partial charge in [-0.25, -0.2) is 4.98 Å². The number of aromatic nitrogens is 1. The number of nitrogens with zero attached hydrogens (tertiary/aromatic N) is 1. The molecule has 0 saturated heterocycles. The van der Waals surface area contributed by atoms with Gasteiger partial charge in [0.15, 0.2) is 11.7 Å². The van der Waals surface area contributed by atoms with E-state index >= 15 is 0 Å². The molecule has 0 aliphatic heterocycles. The van der Waals surface area contributed by atoms with Gasteiger partial charge in [-0.2, -0.15) is 0 Å². The molecule has 1 aromatic heterocycles. The number of amides is 1. The van der Waals surface area contributed by atoms with Crippen LogP contribution in [-0.2, 0) is 4.79 Å².